The Labute approximate surface area is 133 Å². The molecule has 0 aliphatic rings. The fourth-order valence-electron chi connectivity index (χ4n) is 2.94. The molecule has 0 spiro atoms. The lowest BCUT2D eigenvalue weighted by Gasteiger charge is -2.08. The zero-order valence-electron chi connectivity index (χ0n) is 12.7. The number of fused-ring (bicyclic) bond motifs is 1. The molecule has 0 saturated carbocycles. The largest absolute Gasteiger partial charge is 0.464 e. The highest BCUT2D eigenvalue weighted by Crippen LogP contribution is 2.25. The Hall–Kier alpha value is -3.07. The molecule has 4 rings (SSSR count). The van der Waals surface area contributed by atoms with E-state index in [1.165, 1.54) is 0 Å². The monoisotopic (exact) mass is 301 g/mol. The van der Waals surface area contributed by atoms with Gasteiger partial charge >= 0.3 is 0 Å². The van der Waals surface area contributed by atoms with Crippen LogP contribution in [0.3, 0.4) is 0 Å². The molecule has 0 amide bonds. The van der Waals surface area contributed by atoms with Crippen molar-refractivity contribution in [2.45, 2.75) is 6.92 Å². The number of rotatable bonds is 2. The molecule has 0 atom stereocenters. The summed E-state index contributed by atoms with van der Waals surface area (Å²) >= 11 is 0. The van der Waals surface area contributed by atoms with Gasteiger partial charge in [-0.3, -0.25) is 4.79 Å². The first-order chi connectivity index (χ1) is 11.2. The summed E-state index contributed by atoms with van der Waals surface area (Å²) in [5.41, 5.74) is 4.34. The molecule has 0 fully saturated rings. The Balaban J connectivity index is 2.00. The van der Waals surface area contributed by atoms with Gasteiger partial charge in [-0.2, -0.15) is 0 Å². The molecule has 23 heavy (non-hydrogen) atoms. The van der Waals surface area contributed by atoms with Crippen molar-refractivity contribution < 1.29 is 4.42 Å². The van der Waals surface area contributed by atoms with Crippen LogP contribution >= 0.6 is 0 Å². The molecule has 4 aromatic rings. The summed E-state index contributed by atoms with van der Waals surface area (Å²) in [7, 11) is 0. The van der Waals surface area contributed by atoms with E-state index in [1.807, 2.05) is 61.5 Å². The van der Waals surface area contributed by atoms with Crippen LogP contribution in [0.2, 0.25) is 0 Å². The van der Waals surface area contributed by atoms with Gasteiger partial charge < -0.3 is 9.40 Å². The van der Waals surface area contributed by atoms with Crippen LogP contribution in [0.15, 0.2) is 76.1 Å². The normalized spacial score (nSPS) is 11.0. The maximum atomic E-state index is 13.0. The van der Waals surface area contributed by atoms with Gasteiger partial charge in [0.2, 0.25) is 5.43 Å². The van der Waals surface area contributed by atoms with Gasteiger partial charge in [-0.1, -0.05) is 36.4 Å². The molecule has 112 valence electrons. The summed E-state index contributed by atoms with van der Waals surface area (Å²) in [5, 5.41) is 0.670. The van der Waals surface area contributed by atoms with Crippen LogP contribution in [0, 0.1) is 6.92 Å². The van der Waals surface area contributed by atoms with Gasteiger partial charge in [0.1, 0.15) is 5.76 Å². The number of aryl methyl sites for hydroxylation is 1. The molecule has 1 N–H and O–H groups in total. The molecule has 0 saturated heterocycles. The number of H-pyrrole nitrogens is 1. The molecule has 0 bridgehead atoms. The van der Waals surface area contributed by atoms with Crippen molar-refractivity contribution in [1.29, 1.82) is 0 Å². The van der Waals surface area contributed by atoms with Crippen molar-refractivity contribution >= 4 is 10.9 Å². The van der Waals surface area contributed by atoms with E-state index in [4.69, 9.17) is 4.42 Å². The molecule has 0 radical (unpaired) electrons. The van der Waals surface area contributed by atoms with Crippen molar-refractivity contribution in [1.82, 2.24) is 4.98 Å². The fourth-order valence-corrected chi connectivity index (χ4v) is 2.94. The Morgan fingerprint density at radius 3 is 2.48 bits per heavy atom. The predicted octanol–water partition coefficient (Wildman–Crippen LogP) is 4.76. The number of benzene rings is 2. The van der Waals surface area contributed by atoms with Crippen molar-refractivity contribution in [3.05, 3.63) is 82.8 Å². The molecular weight excluding hydrogens is 286 g/mol. The highest BCUT2D eigenvalue weighted by Gasteiger charge is 2.14. The van der Waals surface area contributed by atoms with Crippen LogP contribution in [0.25, 0.3) is 33.4 Å². The quantitative estimate of drug-likeness (QED) is 0.580. The third kappa shape index (κ3) is 2.27. The molecule has 0 aliphatic carbocycles. The van der Waals surface area contributed by atoms with Crippen LogP contribution < -0.4 is 5.43 Å². The first kappa shape index (κ1) is 13.6. The lowest BCUT2D eigenvalue weighted by molar-refractivity contribution is 0.581. The SMILES string of the molecule is Cc1[nH]c2ccc(-c3ccccc3)cc2c(=O)c1-c1ccco1. The Kier molecular flexibility index (Phi) is 3.12. The summed E-state index contributed by atoms with van der Waals surface area (Å²) < 4.78 is 5.43. The number of aromatic nitrogens is 1. The van der Waals surface area contributed by atoms with Gasteiger partial charge in [0.15, 0.2) is 0 Å². The number of furan rings is 1. The molecule has 0 unspecified atom stereocenters. The van der Waals surface area contributed by atoms with Crippen LogP contribution in [-0.4, -0.2) is 4.98 Å². The van der Waals surface area contributed by atoms with Crippen molar-refractivity contribution in [2.24, 2.45) is 0 Å². The second kappa shape index (κ2) is 5.29. The van der Waals surface area contributed by atoms with E-state index < -0.39 is 0 Å². The molecule has 3 nitrogen and oxygen atoms in total. The lowest BCUT2D eigenvalue weighted by Crippen LogP contribution is -2.09. The van der Waals surface area contributed by atoms with Crippen LogP contribution in [-0.2, 0) is 0 Å². The van der Waals surface area contributed by atoms with Crippen LogP contribution in [0.5, 0.6) is 0 Å². The summed E-state index contributed by atoms with van der Waals surface area (Å²) in [6.45, 7) is 1.89. The lowest BCUT2D eigenvalue weighted by atomic mass is 10.0. The van der Waals surface area contributed by atoms with E-state index >= 15 is 0 Å². The second-order valence-corrected chi connectivity index (χ2v) is 5.56. The molecular formula is C20H15NO2. The average Bonchev–Trinajstić information content (AvgIpc) is 3.09. The third-order valence-electron chi connectivity index (χ3n) is 4.06. The van der Waals surface area contributed by atoms with E-state index in [-0.39, 0.29) is 5.43 Å². The van der Waals surface area contributed by atoms with Gasteiger partial charge in [-0.05, 0) is 42.3 Å². The molecule has 3 heteroatoms. The van der Waals surface area contributed by atoms with Crippen molar-refractivity contribution in [3.63, 3.8) is 0 Å². The van der Waals surface area contributed by atoms with Crippen LogP contribution in [0.1, 0.15) is 5.69 Å². The standard InChI is InChI=1S/C20H15NO2/c1-13-19(18-8-5-11-23-18)20(22)16-12-15(9-10-17(16)21-13)14-6-3-2-4-7-14/h2-12H,1H3,(H,21,22). The van der Waals surface area contributed by atoms with Gasteiger partial charge in [0.25, 0.3) is 0 Å². The zero-order valence-corrected chi connectivity index (χ0v) is 12.7. The summed E-state index contributed by atoms with van der Waals surface area (Å²) in [5.74, 6) is 0.593. The summed E-state index contributed by atoms with van der Waals surface area (Å²) in [6, 6.07) is 19.6. The van der Waals surface area contributed by atoms with E-state index in [9.17, 15) is 4.79 Å². The zero-order chi connectivity index (χ0) is 15.8. The number of nitrogens with one attached hydrogen (secondary N) is 1. The Bertz CT molecular complexity index is 1030. The number of hydrogen-bond acceptors (Lipinski definition) is 2. The maximum Gasteiger partial charge on any atom is 0.200 e. The van der Waals surface area contributed by atoms with Gasteiger partial charge in [-0.25, -0.2) is 0 Å². The second-order valence-electron chi connectivity index (χ2n) is 5.56. The first-order valence-corrected chi connectivity index (χ1v) is 7.50. The van der Waals surface area contributed by atoms with Crippen molar-refractivity contribution in [2.75, 3.05) is 0 Å². The molecule has 0 aliphatic heterocycles. The highest BCUT2D eigenvalue weighted by molar-refractivity contribution is 5.87. The maximum absolute atomic E-state index is 13.0. The van der Waals surface area contributed by atoms with Gasteiger partial charge in [0.05, 0.1) is 11.8 Å². The average molecular weight is 301 g/mol. The number of aromatic amines is 1. The number of hydrogen-bond donors (Lipinski definition) is 1. The predicted molar refractivity (Wildman–Crippen MR) is 92.4 cm³/mol. The minimum Gasteiger partial charge on any atom is -0.464 e. The van der Waals surface area contributed by atoms with E-state index in [1.54, 1.807) is 12.3 Å². The minimum atomic E-state index is -0.0102. The first-order valence-electron chi connectivity index (χ1n) is 7.50. The smallest absolute Gasteiger partial charge is 0.200 e. The van der Waals surface area contributed by atoms with E-state index in [0.29, 0.717) is 16.7 Å². The topological polar surface area (TPSA) is 46.0 Å². The van der Waals surface area contributed by atoms with Gasteiger partial charge in [-0.15, -0.1) is 0 Å². The van der Waals surface area contributed by atoms with E-state index in [0.717, 1.165) is 22.3 Å². The molecule has 2 aromatic carbocycles. The summed E-state index contributed by atoms with van der Waals surface area (Å²) in [4.78, 5) is 16.3. The summed E-state index contributed by atoms with van der Waals surface area (Å²) in [6.07, 6.45) is 1.58. The third-order valence-corrected chi connectivity index (χ3v) is 4.06. The Morgan fingerprint density at radius 2 is 1.74 bits per heavy atom. The highest BCUT2D eigenvalue weighted by atomic mass is 16.3. The molecule has 2 aromatic heterocycles. The minimum absolute atomic E-state index is 0.0102. The van der Waals surface area contributed by atoms with Gasteiger partial charge in [0, 0.05) is 16.6 Å². The number of pyridine rings is 1. The fraction of sp³-hybridized carbons (Fsp3) is 0.0500. The Morgan fingerprint density at radius 1 is 0.913 bits per heavy atom. The van der Waals surface area contributed by atoms with Crippen LogP contribution in [0.4, 0.5) is 0 Å². The van der Waals surface area contributed by atoms with E-state index in [2.05, 4.69) is 4.98 Å². The molecule has 2 heterocycles. The van der Waals surface area contributed by atoms with Crippen molar-refractivity contribution in [3.8, 4) is 22.5 Å².